The lowest BCUT2D eigenvalue weighted by molar-refractivity contribution is 0.615. The van der Waals surface area contributed by atoms with Gasteiger partial charge in [0.1, 0.15) is 0 Å². The maximum absolute atomic E-state index is 5.36. The molecule has 0 bridgehead atoms. The number of hydrogen-bond acceptors (Lipinski definition) is 2. The first kappa shape index (κ1) is 11.0. The van der Waals surface area contributed by atoms with Crippen LogP contribution in [0.2, 0.25) is 0 Å². The molecule has 4 N–H and O–H groups in total. The van der Waals surface area contributed by atoms with Crippen molar-refractivity contribution < 1.29 is 0 Å². The zero-order chi connectivity index (χ0) is 11.4. The number of hydrazine groups is 1. The van der Waals surface area contributed by atoms with Crippen LogP contribution in [0.15, 0.2) is 29.3 Å². The van der Waals surface area contributed by atoms with Crippen molar-refractivity contribution >= 4 is 5.96 Å². The van der Waals surface area contributed by atoms with Gasteiger partial charge in [-0.25, -0.2) is 5.84 Å². The topological polar surface area (TPSA) is 62.4 Å². The highest BCUT2D eigenvalue weighted by molar-refractivity contribution is 5.79. The van der Waals surface area contributed by atoms with E-state index < -0.39 is 0 Å². The second kappa shape index (κ2) is 4.99. The highest BCUT2D eigenvalue weighted by Crippen LogP contribution is 2.34. The number of guanidine groups is 1. The molecule has 0 saturated heterocycles. The number of hydrogen-bond donors (Lipinski definition) is 3. The molecule has 86 valence electrons. The van der Waals surface area contributed by atoms with Crippen LogP contribution in [0, 0.1) is 0 Å². The van der Waals surface area contributed by atoms with Crippen LogP contribution < -0.4 is 16.6 Å². The molecule has 0 spiro atoms. The summed E-state index contributed by atoms with van der Waals surface area (Å²) in [7, 11) is 0. The molecule has 0 radical (unpaired) electrons. The number of benzene rings is 1. The van der Waals surface area contributed by atoms with Crippen LogP contribution in [0.5, 0.6) is 0 Å². The van der Waals surface area contributed by atoms with Crippen molar-refractivity contribution in [2.45, 2.75) is 19.3 Å². The molecule has 1 aliphatic rings. The van der Waals surface area contributed by atoms with Crippen molar-refractivity contribution in [1.29, 1.82) is 0 Å². The van der Waals surface area contributed by atoms with Crippen LogP contribution in [0.25, 0.3) is 0 Å². The zero-order valence-electron chi connectivity index (χ0n) is 9.53. The smallest absolute Gasteiger partial charge is 0.205 e. The highest BCUT2D eigenvalue weighted by atomic mass is 15.3. The molecule has 1 aromatic rings. The molecule has 0 fully saturated rings. The molecule has 1 unspecified atom stereocenters. The Balaban J connectivity index is 1.94. The van der Waals surface area contributed by atoms with Crippen molar-refractivity contribution in [3.8, 4) is 0 Å². The Hall–Kier alpha value is -1.55. The van der Waals surface area contributed by atoms with Crippen LogP contribution in [-0.4, -0.2) is 19.0 Å². The van der Waals surface area contributed by atoms with E-state index in [1.165, 1.54) is 11.1 Å². The van der Waals surface area contributed by atoms with Gasteiger partial charge in [0.05, 0.1) is 0 Å². The van der Waals surface area contributed by atoms with E-state index in [0.29, 0.717) is 11.9 Å². The first-order chi connectivity index (χ1) is 7.85. The maximum atomic E-state index is 5.36. The Labute approximate surface area is 95.9 Å². The lowest BCUT2D eigenvalue weighted by Gasteiger charge is -2.28. The van der Waals surface area contributed by atoms with Gasteiger partial charge in [-0.2, -0.15) is 0 Å². The van der Waals surface area contributed by atoms with Gasteiger partial charge in [0.25, 0.3) is 0 Å². The van der Waals surface area contributed by atoms with Crippen molar-refractivity contribution in [2.24, 2.45) is 10.8 Å². The van der Waals surface area contributed by atoms with E-state index in [1.807, 2.05) is 6.92 Å². The first-order valence-electron chi connectivity index (χ1n) is 5.68. The average Bonchev–Trinajstić information content (AvgIpc) is 2.29. The fourth-order valence-electron chi connectivity index (χ4n) is 2.05. The summed E-state index contributed by atoms with van der Waals surface area (Å²) in [6.07, 6.45) is 1.13. The van der Waals surface area contributed by atoms with Crippen molar-refractivity contribution in [3.05, 3.63) is 35.4 Å². The highest BCUT2D eigenvalue weighted by Gasteiger charge is 2.24. The quantitative estimate of drug-likeness (QED) is 0.304. The lowest BCUT2D eigenvalue weighted by atomic mass is 9.78. The summed E-state index contributed by atoms with van der Waals surface area (Å²) in [4.78, 5) is 4.42. The fraction of sp³-hybridized carbons (Fsp3) is 0.417. The van der Waals surface area contributed by atoms with Crippen molar-refractivity contribution in [3.63, 3.8) is 0 Å². The van der Waals surface area contributed by atoms with Gasteiger partial charge in [-0.1, -0.05) is 24.3 Å². The molecular weight excluding hydrogens is 200 g/mol. The Bertz CT molecular complexity index is 386. The van der Waals surface area contributed by atoms with Gasteiger partial charge in [0, 0.05) is 19.0 Å². The van der Waals surface area contributed by atoms with Gasteiger partial charge in [-0.05, 0) is 24.5 Å². The number of fused-ring (bicyclic) bond motifs is 1. The Morgan fingerprint density at radius 2 is 2.31 bits per heavy atom. The van der Waals surface area contributed by atoms with Crippen LogP contribution in [-0.2, 0) is 6.42 Å². The molecule has 1 aliphatic carbocycles. The largest absolute Gasteiger partial charge is 0.356 e. The second-order valence-corrected chi connectivity index (χ2v) is 3.96. The molecule has 1 atom stereocenters. The lowest BCUT2D eigenvalue weighted by Crippen LogP contribution is -2.41. The van der Waals surface area contributed by atoms with Gasteiger partial charge >= 0.3 is 0 Å². The number of nitrogens with two attached hydrogens (primary N) is 1. The monoisotopic (exact) mass is 218 g/mol. The zero-order valence-corrected chi connectivity index (χ0v) is 9.53. The molecule has 16 heavy (non-hydrogen) atoms. The Morgan fingerprint density at radius 1 is 1.50 bits per heavy atom. The fourth-order valence-corrected chi connectivity index (χ4v) is 2.05. The summed E-state index contributed by atoms with van der Waals surface area (Å²) in [5.41, 5.74) is 5.45. The van der Waals surface area contributed by atoms with Crippen molar-refractivity contribution in [2.75, 3.05) is 13.1 Å². The first-order valence-corrected chi connectivity index (χ1v) is 5.68. The molecule has 4 nitrogen and oxygen atoms in total. The standard InChI is InChI=1S/C12H18N4/c1-2-14-12(16-13)15-8-10-7-9-5-3-4-6-11(9)10/h3-6,10H,2,7-8,13H2,1H3,(H2,14,15,16). The van der Waals surface area contributed by atoms with Crippen LogP contribution in [0.1, 0.15) is 24.0 Å². The molecule has 0 amide bonds. The van der Waals surface area contributed by atoms with E-state index in [1.54, 1.807) is 0 Å². The number of rotatable bonds is 3. The summed E-state index contributed by atoms with van der Waals surface area (Å²) in [6, 6.07) is 8.54. The SMILES string of the molecule is CCNC(=NCC1Cc2ccccc21)NN. The third-order valence-electron chi connectivity index (χ3n) is 2.91. The van der Waals surface area contributed by atoms with E-state index in [4.69, 9.17) is 5.84 Å². The molecule has 0 aliphatic heterocycles. The van der Waals surface area contributed by atoms with Crippen LogP contribution >= 0.6 is 0 Å². The molecule has 0 heterocycles. The minimum atomic E-state index is 0.554. The number of nitrogens with one attached hydrogen (secondary N) is 2. The molecule has 0 aromatic heterocycles. The second-order valence-electron chi connectivity index (χ2n) is 3.96. The molecule has 1 aromatic carbocycles. The molecule has 2 rings (SSSR count). The molecular formula is C12H18N4. The minimum Gasteiger partial charge on any atom is -0.356 e. The van der Waals surface area contributed by atoms with Crippen LogP contribution in [0.4, 0.5) is 0 Å². The minimum absolute atomic E-state index is 0.554. The Kier molecular flexibility index (Phi) is 3.41. The maximum Gasteiger partial charge on any atom is 0.205 e. The van der Waals surface area contributed by atoms with Crippen molar-refractivity contribution in [1.82, 2.24) is 10.7 Å². The summed E-state index contributed by atoms with van der Waals surface area (Å²) >= 11 is 0. The summed E-state index contributed by atoms with van der Waals surface area (Å²) < 4.78 is 0. The molecule has 4 heteroatoms. The summed E-state index contributed by atoms with van der Waals surface area (Å²) in [5.74, 6) is 6.58. The van der Waals surface area contributed by atoms with E-state index in [2.05, 4.69) is 40.0 Å². The number of aliphatic imine (C=N–C) groups is 1. The van der Waals surface area contributed by atoms with E-state index in [9.17, 15) is 0 Å². The summed E-state index contributed by atoms with van der Waals surface area (Å²) in [5, 5.41) is 3.07. The average molecular weight is 218 g/mol. The number of nitrogens with zero attached hydrogens (tertiary/aromatic N) is 1. The van der Waals surface area contributed by atoms with Gasteiger partial charge < -0.3 is 5.32 Å². The predicted octanol–water partition coefficient (Wildman–Crippen LogP) is 0.755. The van der Waals surface area contributed by atoms with E-state index >= 15 is 0 Å². The van der Waals surface area contributed by atoms with Gasteiger partial charge in [-0.3, -0.25) is 10.4 Å². The van der Waals surface area contributed by atoms with Gasteiger partial charge in [-0.15, -0.1) is 0 Å². The summed E-state index contributed by atoms with van der Waals surface area (Å²) in [6.45, 7) is 3.64. The predicted molar refractivity (Wildman–Crippen MR) is 66.2 cm³/mol. The normalized spacial score (nSPS) is 18.6. The third kappa shape index (κ3) is 2.17. The Morgan fingerprint density at radius 3 is 3.00 bits per heavy atom. The van der Waals surface area contributed by atoms with E-state index in [0.717, 1.165) is 19.5 Å². The van der Waals surface area contributed by atoms with Gasteiger partial charge in [0.2, 0.25) is 5.96 Å². The molecule has 0 saturated carbocycles. The van der Waals surface area contributed by atoms with Gasteiger partial charge in [0.15, 0.2) is 0 Å². The van der Waals surface area contributed by atoms with Crippen LogP contribution in [0.3, 0.4) is 0 Å². The third-order valence-corrected chi connectivity index (χ3v) is 2.91. The van der Waals surface area contributed by atoms with E-state index in [-0.39, 0.29) is 0 Å².